The standard InChI is InChI=1S/C27H31N3O5/c1-22-18-24(25(20-28)21-29)19-27(35-22)7-4-23-2-5-26(6-3-23)30-8-10-31-12-14-33-16-17-34-15-13-32-11-9-30/h2-7,18-19H,8-17H2,1H3/b7-4+. The van der Waals surface area contributed by atoms with Gasteiger partial charge in [0.05, 0.1) is 52.9 Å². The summed E-state index contributed by atoms with van der Waals surface area (Å²) in [6, 6.07) is 12.0. The Morgan fingerprint density at radius 3 is 1.86 bits per heavy atom. The quantitative estimate of drug-likeness (QED) is 0.608. The Kier molecular flexibility index (Phi) is 11.1. The lowest BCUT2D eigenvalue weighted by Crippen LogP contribution is -2.31. The van der Waals surface area contributed by atoms with Crippen LogP contribution in [0.2, 0.25) is 0 Å². The molecule has 2 aliphatic heterocycles. The molecular formula is C27H31N3O5. The molecule has 2 aliphatic rings. The Morgan fingerprint density at radius 1 is 0.771 bits per heavy atom. The normalized spacial score (nSPS) is 18.8. The van der Waals surface area contributed by atoms with Crippen LogP contribution < -0.4 is 4.90 Å². The fraction of sp³-hybridized carbons (Fsp3) is 0.407. The predicted octanol–water partition coefficient (Wildman–Crippen LogP) is 3.75. The molecule has 1 aromatic rings. The maximum atomic E-state index is 9.14. The van der Waals surface area contributed by atoms with Crippen molar-refractivity contribution < 1.29 is 23.7 Å². The second-order valence-corrected chi connectivity index (χ2v) is 7.82. The third-order valence-corrected chi connectivity index (χ3v) is 5.27. The lowest BCUT2D eigenvalue weighted by Gasteiger charge is -2.25. The van der Waals surface area contributed by atoms with Crippen molar-refractivity contribution in [1.29, 1.82) is 10.5 Å². The average Bonchev–Trinajstić information content (AvgIpc) is 2.88. The number of ether oxygens (including phenoxy) is 5. The molecule has 1 saturated heterocycles. The van der Waals surface area contributed by atoms with Crippen molar-refractivity contribution >= 4 is 11.8 Å². The van der Waals surface area contributed by atoms with E-state index in [4.69, 9.17) is 34.2 Å². The molecule has 0 N–H and O–H groups in total. The summed E-state index contributed by atoms with van der Waals surface area (Å²) < 4.78 is 28.1. The highest BCUT2D eigenvalue weighted by atomic mass is 16.6. The minimum Gasteiger partial charge on any atom is -0.462 e. The second-order valence-electron chi connectivity index (χ2n) is 7.82. The molecule has 1 fully saturated rings. The van der Waals surface area contributed by atoms with Crippen LogP contribution in [0.5, 0.6) is 0 Å². The van der Waals surface area contributed by atoms with Gasteiger partial charge in [0, 0.05) is 24.4 Å². The maximum Gasteiger partial charge on any atom is 0.137 e. The lowest BCUT2D eigenvalue weighted by atomic mass is 10.1. The van der Waals surface area contributed by atoms with Gasteiger partial charge >= 0.3 is 0 Å². The summed E-state index contributed by atoms with van der Waals surface area (Å²) in [5.41, 5.74) is 2.69. The van der Waals surface area contributed by atoms with Gasteiger partial charge in [-0.3, -0.25) is 0 Å². The van der Waals surface area contributed by atoms with Crippen molar-refractivity contribution in [3.63, 3.8) is 0 Å². The van der Waals surface area contributed by atoms with Crippen LogP contribution in [0.15, 0.2) is 65.2 Å². The summed E-state index contributed by atoms with van der Waals surface area (Å²) in [4.78, 5) is 2.23. The molecule has 8 heteroatoms. The van der Waals surface area contributed by atoms with Gasteiger partial charge in [0.25, 0.3) is 0 Å². The van der Waals surface area contributed by atoms with E-state index >= 15 is 0 Å². The van der Waals surface area contributed by atoms with E-state index in [2.05, 4.69) is 17.0 Å². The van der Waals surface area contributed by atoms with Gasteiger partial charge in [-0.05, 0) is 42.8 Å². The molecular weight excluding hydrogens is 446 g/mol. The Bertz CT molecular complexity index is 996. The van der Waals surface area contributed by atoms with Crippen molar-refractivity contribution in [3.05, 3.63) is 70.7 Å². The number of nitrogens with zero attached hydrogens (tertiary/aromatic N) is 3. The van der Waals surface area contributed by atoms with Gasteiger partial charge in [-0.15, -0.1) is 0 Å². The molecule has 0 spiro atoms. The number of anilines is 1. The van der Waals surface area contributed by atoms with Crippen LogP contribution in [0.25, 0.3) is 6.08 Å². The average molecular weight is 478 g/mol. The highest BCUT2D eigenvalue weighted by Gasteiger charge is 2.11. The molecule has 3 rings (SSSR count). The maximum absolute atomic E-state index is 9.14. The first-order valence-electron chi connectivity index (χ1n) is 11.7. The molecule has 0 saturated carbocycles. The summed E-state index contributed by atoms with van der Waals surface area (Å²) in [5, 5.41) is 18.3. The Labute approximate surface area is 206 Å². The largest absolute Gasteiger partial charge is 0.462 e. The molecule has 0 bridgehead atoms. The van der Waals surface area contributed by atoms with Crippen molar-refractivity contribution in [2.45, 2.75) is 6.92 Å². The van der Waals surface area contributed by atoms with Crippen LogP contribution in [0.3, 0.4) is 0 Å². The summed E-state index contributed by atoms with van der Waals surface area (Å²) in [7, 11) is 0. The molecule has 1 aromatic carbocycles. The van der Waals surface area contributed by atoms with E-state index in [1.807, 2.05) is 36.4 Å². The van der Waals surface area contributed by atoms with E-state index < -0.39 is 0 Å². The van der Waals surface area contributed by atoms with Crippen LogP contribution in [0, 0.1) is 22.7 Å². The van der Waals surface area contributed by atoms with E-state index in [1.54, 1.807) is 19.1 Å². The summed E-state index contributed by atoms with van der Waals surface area (Å²) in [5.74, 6) is 1.19. The van der Waals surface area contributed by atoms with E-state index in [-0.39, 0.29) is 5.57 Å². The third-order valence-electron chi connectivity index (χ3n) is 5.27. The Morgan fingerprint density at radius 2 is 1.31 bits per heavy atom. The van der Waals surface area contributed by atoms with Gasteiger partial charge < -0.3 is 28.6 Å². The van der Waals surface area contributed by atoms with Crippen LogP contribution >= 0.6 is 0 Å². The number of allylic oxidation sites excluding steroid dienone is 6. The van der Waals surface area contributed by atoms with E-state index in [9.17, 15) is 0 Å². The van der Waals surface area contributed by atoms with Crippen molar-refractivity contribution in [1.82, 2.24) is 0 Å². The molecule has 35 heavy (non-hydrogen) atoms. The second kappa shape index (κ2) is 14.8. The summed E-state index contributed by atoms with van der Waals surface area (Å²) >= 11 is 0. The van der Waals surface area contributed by atoms with Crippen LogP contribution in [-0.4, -0.2) is 65.9 Å². The van der Waals surface area contributed by atoms with Gasteiger partial charge in [-0.1, -0.05) is 18.2 Å². The van der Waals surface area contributed by atoms with Gasteiger partial charge in [0.15, 0.2) is 0 Å². The molecule has 0 aromatic heterocycles. The van der Waals surface area contributed by atoms with Gasteiger partial charge in [0.2, 0.25) is 0 Å². The highest BCUT2D eigenvalue weighted by Crippen LogP contribution is 2.23. The molecule has 8 nitrogen and oxygen atoms in total. The SMILES string of the molecule is CC1=CC(=C(C#N)C#N)C=C(/C=C/c2ccc(N3CCOCCOCCOCCOCC3)cc2)O1. The highest BCUT2D eigenvalue weighted by molar-refractivity contribution is 5.59. The van der Waals surface area contributed by atoms with Gasteiger partial charge in [-0.25, -0.2) is 0 Å². The topological polar surface area (TPSA) is 97.0 Å². The number of rotatable bonds is 3. The Balaban J connectivity index is 1.63. The monoisotopic (exact) mass is 477 g/mol. The smallest absolute Gasteiger partial charge is 0.137 e. The van der Waals surface area contributed by atoms with E-state index in [0.717, 1.165) is 24.3 Å². The molecule has 2 heterocycles. The van der Waals surface area contributed by atoms with Crippen LogP contribution in [-0.2, 0) is 23.7 Å². The summed E-state index contributed by atoms with van der Waals surface area (Å²) in [6.07, 6.45) is 7.14. The first kappa shape index (κ1) is 26.2. The number of hydrogen-bond donors (Lipinski definition) is 0. The van der Waals surface area contributed by atoms with Crippen molar-refractivity contribution in [2.24, 2.45) is 0 Å². The number of hydrogen-bond acceptors (Lipinski definition) is 8. The molecule has 0 amide bonds. The van der Waals surface area contributed by atoms with Gasteiger partial charge in [0.1, 0.15) is 29.2 Å². The molecule has 0 atom stereocenters. The first-order valence-corrected chi connectivity index (χ1v) is 11.7. The van der Waals surface area contributed by atoms with Gasteiger partial charge in [-0.2, -0.15) is 10.5 Å². The van der Waals surface area contributed by atoms with E-state index in [1.165, 1.54) is 0 Å². The van der Waals surface area contributed by atoms with Crippen molar-refractivity contribution in [3.8, 4) is 12.1 Å². The zero-order chi connectivity index (χ0) is 24.7. The van der Waals surface area contributed by atoms with E-state index in [0.29, 0.717) is 69.9 Å². The molecule has 0 aliphatic carbocycles. The molecule has 0 radical (unpaired) electrons. The van der Waals surface area contributed by atoms with Crippen molar-refractivity contribution in [2.75, 3.05) is 70.8 Å². The molecule has 0 unspecified atom stereocenters. The van der Waals surface area contributed by atoms with Crippen LogP contribution in [0.4, 0.5) is 5.69 Å². The molecule has 184 valence electrons. The lowest BCUT2D eigenvalue weighted by molar-refractivity contribution is 0.00206. The predicted molar refractivity (Wildman–Crippen MR) is 132 cm³/mol. The third kappa shape index (κ3) is 9.05. The fourth-order valence-corrected chi connectivity index (χ4v) is 3.50. The fourth-order valence-electron chi connectivity index (χ4n) is 3.50. The zero-order valence-electron chi connectivity index (χ0n) is 20.1. The minimum atomic E-state index is 0.0590. The Hall–Kier alpha value is -3.40. The zero-order valence-corrected chi connectivity index (χ0v) is 20.1. The minimum absolute atomic E-state index is 0.0590. The summed E-state index contributed by atoms with van der Waals surface area (Å²) in [6.45, 7) is 7.84. The first-order chi connectivity index (χ1) is 17.2. The number of benzene rings is 1. The number of nitriles is 2. The van der Waals surface area contributed by atoms with Crippen LogP contribution in [0.1, 0.15) is 12.5 Å².